The number of halogens is 1. The molecule has 0 fully saturated rings. The van der Waals surface area contributed by atoms with E-state index in [9.17, 15) is 4.39 Å². The molecule has 3 N–H and O–H groups in total. The van der Waals surface area contributed by atoms with Gasteiger partial charge in [-0.25, -0.2) is 4.39 Å². The molecule has 0 atom stereocenters. The van der Waals surface area contributed by atoms with Gasteiger partial charge in [0.15, 0.2) is 0 Å². The molecule has 0 saturated heterocycles. The van der Waals surface area contributed by atoms with Gasteiger partial charge in [-0.1, -0.05) is 18.2 Å². The number of nitrogens with one attached hydrogen (secondary N) is 3. The van der Waals surface area contributed by atoms with E-state index < -0.39 is 0 Å². The van der Waals surface area contributed by atoms with Crippen molar-refractivity contribution in [3.63, 3.8) is 0 Å². The van der Waals surface area contributed by atoms with Gasteiger partial charge in [0.05, 0.1) is 12.8 Å². The van der Waals surface area contributed by atoms with Crippen LogP contribution in [0.1, 0.15) is 0 Å². The first-order chi connectivity index (χ1) is 10.8. The second-order valence-corrected chi connectivity index (χ2v) is 5.11. The Morgan fingerprint density at radius 1 is 1.00 bits per heavy atom. The standard InChI is InChI=1S/C17H14FN3O/c1-22-15-7-3-6-12-13(15)9-14-16(12)20-21-17(14)19-11-5-2-4-10(18)8-11/h2-9,19-21H,1H3. The number of methoxy groups -OCH3 is 1. The van der Waals surface area contributed by atoms with Crippen LogP contribution in [-0.2, 0) is 0 Å². The quantitative estimate of drug-likeness (QED) is 0.521. The molecule has 110 valence electrons. The Labute approximate surface area is 126 Å². The van der Waals surface area contributed by atoms with Crippen molar-refractivity contribution in [3.8, 4) is 17.0 Å². The first-order valence-electron chi connectivity index (χ1n) is 6.94. The largest absolute Gasteiger partial charge is 0.496 e. The first-order valence-corrected chi connectivity index (χ1v) is 6.94. The monoisotopic (exact) mass is 295 g/mol. The Balaban J connectivity index is 1.81. The average molecular weight is 295 g/mol. The van der Waals surface area contributed by atoms with Crippen molar-refractivity contribution >= 4 is 22.3 Å². The summed E-state index contributed by atoms with van der Waals surface area (Å²) in [6.45, 7) is 0. The van der Waals surface area contributed by atoms with Gasteiger partial charge in [-0.3, -0.25) is 10.2 Å². The molecule has 2 aromatic rings. The lowest BCUT2D eigenvalue weighted by atomic mass is 10.2. The molecule has 1 heterocycles. The zero-order chi connectivity index (χ0) is 15.1. The molecular formula is C17H14FN3O. The first kappa shape index (κ1) is 12.8. The predicted molar refractivity (Wildman–Crippen MR) is 85.5 cm³/mol. The van der Waals surface area contributed by atoms with Crippen LogP contribution in [0.15, 0.2) is 48.5 Å². The maximum absolute atomic E-state index is 13.3. The van der Waals surface area contributed by atoms with Crippen LogP contribution in [0.3, 0.4) is 0 Å². The van der Waals surface area contributed by atoms with Crippen molar-refractivity contribution in [3.05, 3.63) is 54.3 Å². The van der Waals surface area contributed by atoms with Crippen LogP contribution in [0.25, 0.3) is 22.0 Å². The molecule has 1 aliphatic heterocycles. The van der Waals surface area contributed by atoms with Gasteiger partial charge in [0.25, 0.3) is 0 Å². The number of H-pyrrole nitrogens is 2. The molecule has 0 radical (unpaired) electrons. The molecule has 0 amide bonds. The number of hydrogen-bond acceptors (Lipinski definition) is 2. The zero-order valence-electron chi connectivity index (χ0n) is 11.9. The van der Waals surface area contributed by atoms with Gasteiger partial charge >= 0.3 is 0 Å². The van der Waals surface area contributed by atoms with Crippen LogP contribution in [0.2, 0.25) is 0 Å². The van der Waals surface area contributed by atoms with Gasteiger partial charge in [-0.2, -0.15) is 0 Å². The lowest BCUT2D eigenvalue weighted by molar-refractivity contribution is 0.420. The van der Waals surface area contributed by atoms with Crippen molar-refractivity contribution < 1.29 is 9.13 Å². The van der Waals surface area contributed by atoms with Gasteiger partial charge in [0, 0.05) is 22.0 Å². The van der Waals surface area contributed by atoms with E-state index in [1.165, 1.54) is 12.1 Å². The van der Waals surface area contributed by atoms with Gasteiger partial charge in [0.2, 0.25) is 0 Å². The van der Waals surface area contributed by atoms with Crippen molar-refractivity contribution in [2.24, 2.45) is 0 Å². The fourth-order valence-electron chi connectivity index (χ4n) is 2.78. The number of ether oxygens (including phenoxy) is 1. The summed E-state index contributed by atoms with van der Waals surface area (Å²) in [5, 5.41) is 11.6. The lowest BCUT2D eigenvalue weighted by Crippen LogP contribution is -1.91. The summed E-state index contributed by atoms with van der Waals surface area (Å²) in [5.41, 5.74) is 2.69. The van der Waals surface area contributed by atoms with Crippen molar-refractivity contribution in [1.29, 1.82) is 0 Å². The number of benzene rings is 2. The van der Waals surface area contributed by atoms with Crippen LogP contribution >= 0.6 is 0 Å². The topological polar surface area (TPSA) is 52.8 Å². The molecule has 0 spiro atoms. The van der Waals surface area contributed by atoms with Crippen molar-refractivity contribution in [1.82, 2.24) is 10.2 Å². The van der Waals surface area contributed by atoms with Gasteiger partial charge in [-0.05, 0) is 30.3 Å². The number of aromatic nitrogens is 2. The summed E-state index contributed by atoms with van der Waals surface area (Å²) in [6.07, 6.45) is 0. The highest BCUT2D eigenvalue weighted by Gasteiger charge is 2.18. The number of hydrogen-bond donors (Lipinski definition) is 3. The van der Waals surface area contributed by atoms with Crippen LogP contribution in [0, 0.1) is 5.82 Å². The Morgan fingerprint density at radius 2 is 1.86 bits per heavy atom. The van der Waals surface area contributed by atoms with Gasteiger partial charge < -0.3 is 10.1 Å². The van der Waals surface area contributed by atoms with E-state index in [1.54, 1.807) is 13.2 Å². The Morgan fingerprint density at radius 3 is 2.68 bits per heavy atom. The maximum atomic E-state index is 13.3. The molecule has 0 saturated carbocycles. The highest BCUT2D eigenvalue weighted by atomic mass is 19.1. The molecule has 4 nitrogen and oxygen atoms in total. The molecule has 5 heteroatoms. The smallest absolute Gasteiger partial charge is 0.132 e. The third kappa shape index (κ3) is 1.90. The number of fused-ring (bicyclic) bond motifs is 3. The lowest BCUT2D eigenvalue weighted by Gasteiger charge is -2.04. The van der Waals surface area contributed by atoms with E-state index in [2.05, 4.69) is 21.6 Å². The van der Waals surface area contributed by atoms with E-state index in [0.717, 1.165) is 33.6 Å². The minimum atomic E-state index is -0.272. The Bertz CT molecular complexity index is 925. The van der Waals surface area contributed by atoms with Gasteiger partial charge in [-0.15, -0.1) is 0 Å². The number of aromatic amines is 2. The fourth-order valence-corrected chi connectivity index (χ4v) is 2.78. The molecular weight excluding hydrogens is 281 g/mol. The maximum Gasteiger partial charge on any atom is 0.132 e. The number of anilines is 2. The molecule has 22 heavy (non-hydrogen) atoms. The SMILES string of the molecule is COc1cccc2c3[nH][nH]c(Nc4cccc(F)c4)c-3cc12. The summed E-state index contributed by atoms with van der Waals surface area (Å²) in [6, 6.07) is 14.4. The molecule has 4 rings (SSSR count). The van der Waals surface area contributed by atoms with Crippen LogP contribution in [-0.4, -0.2) is 17.3 Å². The molecule has 2 aromatic carbocycles. The van der Waals surface area contributed by atoms with E-state index in [1.807, 2.05) is 24.3 Å². The third-order valence-corrected chi connectivity index (χ3v) is 3.79. The van der Waals surface area contributed by atoms with E-state index in [0.29, 0.717) is 5.69 Å². The summed E-state index contributed by atoms with van der Waals surface area (Å²) in [7, 11) is 1.66. The summed E-state index contributed by atoms with van der Waals surface area (Å²) in [4.78, 5) is 0. The zero-order valence-corrected chi connectivity index (χ0v) is 11.9. The van der Waals surface area contributed by atoms with Crippen LogP contribution in [0.4, 0.5) is 15.9 Å². The minimum absolute atomic E-state index is 0.272. The van der Waals surface area contributed by atoms with E-state index in [4.69, 9.17) is 4.74 Å². The van der Waals surface area contributed by atoms with Crippen LogP contribution < -0.4 is 10.1 Å². The Kier molecular flexibility index (Phi) is 2.79. The van der Waals surface area contributed by atoms with E-state index in [-0.39, 0.29) is 5.82 Å². The second kappa shape index (κ2) is 4.80. The third-order valence-electron chi connectivity index (χ3n) is 3.79. The molecule has 0 aromatic heterocycles. The summed E-state index contributed by atoms with van der Waals surface area (Å²) < 4.78 is 18.7. The highest BCUT2D eigenvalue weighted by molar-refractivity contribution is 6.06. The number of rotatable bonds is 3. The molecule has 1 aliphatic carbocycles. The van der Waals surface area contributed by atoms with Crippen molar-refractivity contribution in [2.45, 2.75) is 0 Å². The normalized spacial score (nSPS) is 11.2. The highest BCUT2D eigenvalue weighted by Crippen LogP contribution is 2.41. The predicted octanol–water partition coefficient (Wildman–Crippen LogP) is 4.49. The summed E-state index contributed by atoms with van der Waals surface area (Å²) in [5.74, 6) is 1.35. The second-order valence-electron chi connectivity index (χ2n) is 5.11. The minimum Gasteiger partial charge on any atom is -0.496 e. The molecule has 2 aliphatic rings. The fraction of sp³-hybridized carbons (Fsp3) is 0.0588. The average Bonchev–Trinajstić information content (AvgIpc) is 3.07. The summed E-state index contributed by atoms with van der Waals surface area (Å²) >= 11 is 0. The molecule has 0 bridgehead atoms. The molecule has 0 unspecified atom stereocenters. The van der Waals surface area contributed by atoms with E-state index >= 15 is 0 Å². The van der Waals surface area contributed by atoms with Gasteiger partial charge in [0.1, 0.15) is 17.4 Å². The van der Waals surface area contributed by atoms with Crippen molar-refractivity contribution in [2.75, 3.05) is 12.4 Å². The van der Waals surface area contributed by atoms with Crippen LogP contribution in [0.5, 0.6) is 5.75 Å². The Hall–Kier alpha value is -2.95.